The highest BCUT2D eigenvalue weighted by Crippen LogP contribution is 2.33. The molecule has 1 amide bonds. The highest BCUT2D eigenvalue weighted by atomic mass is 16.5. The van der Waals surface area contributed by atoms with E-state index in [0.717, 1.165) is 30.2 Å². The van der Waals surface area contributed by atoms with Crippen molar-refractivity contribution in [2.24, 2.45) is 0 Å². The number of aromatic nitrogens is 1. The van der Waals surface area contributed by atoms with Crippen LogP contribution in [0.2, 0.25) is 0 Å². The van der Waals surface area contributed by atoms with Crippen molar-refractivity contribution in [3.05, 3.63) is 46.8 Å². The van der Waals surface area contributed by atoms with Crippen molar-refractivity contribution in [2.75, 3.05) is 31.6 Å². The maximum atomic E-state index is 12.9. The summed E-state index contributed by atoms with van der Waals surface area (Å²) in [7, 11) is 1.77. The smallest absolute Gasteiger partial charge is 0.270 e. The van der Waals surface area contributed by atoms with Gasteiger partial charge in [-0.05, 0) is 45.4 Å². The van der Waals surface area contributed by atoms with Crippen LogP contribution in [0.3, 0.4) is 0 Å². The number of nitrogens with zero attached hydrogens (tertiary/aromatic N) is 2. The van der Waals surface area contributed by atoms with Crippen LogP contribution >= 0.6 is 0 Å². The summed E-state index contributed by atoms with van der Waals surface area (Å²) in [4.78, 5) is 31.8. The first kappa shape index (κ1) is 19.0. The Bertz CT molecular complexity index is 872. The molecule has 1 aliphatic rings. The molecule has 0 spiro atoms. The fraction of sp³-hybridized carbons (Fsp3) is 0.429. The monoisotopic (exact) mass is 369 g/mol. The number of hydrogen-bond donors (Lipinski definition) is 1. The molecule has 6 heteroatoms. The summed E-state index contributed by atoms with van der Waals surface area (Å²) in [6.45, 7) is 9.35. The molecule has 0 radical (unpaired) electrons. The number of carbonyl (C=O) groups is 2. The van der Waals surface area contributed by atoms with Gasteiger partial charge in [-0.1, -0.05) is 12.1 Å². The molecule has 0 aliphatic carbocycles. The van der Waals surface area contributed by atoms with Crippen molar-refractivity contribution in [1.29, 1.82) is 0 Å². The van der Waals surface area contributed by atoms with Crippen LogP contribution in [0.1, 0.15) is 46.0 Å². The Kier molecular flexibility index (Phi) is 5.26. The lowest BCUT2D eigenvalue weighted by atomic mass is 10.1. The lowest BCUT2D eigenvalue weighted by molar-refractivity contribution is 0.0704. The Hall–Kier alpha value is -2.76. The number of Topliss-reactive ketones (excluding diaryl/α,β-unsaturated/α-hetero) is 1. The third kappa shape index (κ3) is 3.56. The van der Waals surface area contributed by atoms with E-state index in [9.17, 15) is 9.59 Å². The molecule has 2 heterocycles. The van der Waals surface area contributed by atoms with Gasteiger partial charge in [0.05, 0.1) is 18.8 Å². The second-order valence-electron chi connectivity index (χ2n) is 7.11. The second-order valence-corrected chi connectivity index (χ2v) is 7.11. The summed E-state index contributed by atoms with van der Waals surface area (Å²) in [5.74, 6) is 0.685. The van der Waals surface area contributed by atoms with Crippen LogP contribution in [0.15, 0.2) is 24.3 Å². The number of anilines is 1. The minimum atomic E-state index is -0.131. The number of aryl methyl sites for hydroxylation is 1. The predicted octanol–water partition coefficient (Wildman–Crippen LogP) is 3.19. The van der Waals surface area contributed by atoms with E-state index in [-0.39, 0.29) is 17.8 Å². The van der Waals surface area contributed by atoms with E-state index in [1.807, 2.05) is 32.0 Å². The standard InChI is InChI=1S/C21H27N3O3/c1-6-24-12-16(27-18-10-8-7-9-17(18)24)11-23(5)21(26)20-13(2)19(15(4)25)14(3)22-20/h7-10,16,22H,6,11-12H2,1-5H3/t16-/m1/s1. The molecule has 1 aliphatic heterocycles. The van der Waals surface area contributed by atoms with E-state index in [4.69, 9.17) is 4.74 Å². The maximum Gasteiger partial charge on any atom is 0.270 e. The number of benzene rings is 1. The molecule has 1 atom stereocenters. The number of nitrogens with one attached hydrogen (secondary N) is 1. The number of carbonyl (C=O) groups excluding carboxylic acids is 2. The Morgan fingerprint density at radius 2 is 2.00 bits per heavy atom. The van der Waals surface area contributed by atoms with Crippen LogP contribution in [-0.2, 0) is 0 Å². The lowest BCUT2D eigenvalue weighted by Crippen LogP contribution is -2.47. The van der Waals surface area contributed by atoms with E-state index in [0.29, 0.717) is 23.4 Å². The number of rotatable bonds is 5. The molecule has 1 aromatic carbocycles. The van der Waals surface area contributed by atoms with Gasteiger partial charge < -0.3 is 19.5 Å². The number of ether oxygens (including phenoxy) is 1. The van der Waals surface area contributed by atoms with Crippen LogP contribution in [0.4, 0.5) is 5.69 Å². The molecule has 1 N–H and O–H groups in total. The van der Waals surface area contributed by atoms with Crippen LogP contribution in [0.5, 0.6) is 5.75 Å². The molecule has 0 fully saturated rings. The summed E-state index contributed by atoms with van der Waals surface area (Å²) in [5.41, 5.74) is 3.61. The number of amides is 1. The zero-order chi connectivity index (χ0) is 19.7. The van der Waals surface area contributed by atoms with Crippen LogP contribution in [-0.4, -0.2) is 54.4 Å². The SMILES string of the molecule is CCN1C[C@@H](CN(C)C(=O)c2[nH]c(C)c(C(C)=O)c2C)Oc2ccccc21. The molecule has 27 heavy (non-hydrogen) atoms. The quantitative estimate of drug-likeness (QED) is 0.822. The number of H-pyrrole nitrogens is 1. The largest absolute Gasteiger partial charge is 0.485 e. The molecule has 0 saturated carbocycles. The topological polar surface area (TPSA) is 65.6 Å². The van der Waals surface area contributed by atoms with Gasteiger partial charge in [0.2, 0.25) is 0 Å². The minimum Gasteiger partial charge on any atom is -0.485 e. The van der Waals surface area contributed by atoms with E-state index in [2.05, 4.69) is 22.9 Å². The maximum absolute atomic E-state index is 12.9. The van der Waals surface area contributed by atoms with E-state index in [1.54, 1.807) is 11.9 Å². The normalized spacial score (nSPS) is 15.9. The average Bonchev–Trinajstić information content (AvgIpc) is 2.94. The predicted molar refractivity (Wildman–Crippen MR) is 106 cm³/mol. The first-order valence-corrected chi connectivity index (χ1v) is 9.29. The molecule has 2 aromatic rings. The molecule has 0 unspecified atom stereocenters. The number of aromatic amines is 1. The summed E-state index contributed by atoms with van der Waals surface area (Å²) in [6, 6.07) is 7.98. The van der Waals surface area contributed by atoms with E-state index in [1.165, 1.54) is 6.92 Å². The molecular formula is C21H27N3O3. The van der Waals surface area contributed by atoms with Gasteiger partial charge in [0.15, 0.2) is 5.78 Å². The zero-order valence-corrected chi connectivity index (χ0v) is 16.6. The molecule has 0 saturated heterocycles. The third-order valence-electron chi connectivity index (χ3n) is 5.13. The Balaban J connectivity index is 1.76. The first-order valence-electron chi connectivity index (χ1n) is 9.29. The van der Waals surface area contributed by atoms with Crippen molar-refractivity contribution in [3.8, 4) is 5.75 Å². The van der Waals surface area contributed by atoms with Gasteiger partial charge in [0.1, 0.15) is 17.5 Å². The van der Waals surface area contributed by atoms with Gasteiger partial charge >= 0.3 is 0 Å². The fourth-order valence-electron chi connectivity index (χ4n) is 3.84. The third-order valence-corrected chi connectivity index (χ3v) is 5.13. The molecule has 3 rings (SSSR count). The number of ketones is 1. The molecule has 1 aromatic heterocycles. The van der Waals surface area contributed by atoms with E-state index >= 15 is 0 Å². The Labute approximate surface area is 160 Å². The van der Waals surface area contributed by atoms with Gasteiger partial charge in [0, 0.05) is 24.8 Å². The minimum absolute atomic E-state index is 0.0336. The number of likely N-dealkylation sites (N-methyl/N-ethyl adjacent to an activating group) is 2. The van der Waals surface area contributed by atoms with Crippen molar-refractivity contribution in [3.63, 3.8) is 0 Å². The van der Waals surface area contributed by atoms with Crippen molar-refractivity contribution < 1.29 is 14.3 Å². The molecule has 0 bridgehead atoms. The number of fused-ring (bicyclic) bond motifs is 1. The van der Waals surface area contributed by atoms with Gasteiger partial charge in [-0.3, -0.25) is 9.59 Å². The first-order chi connectivity index (χ1) is 12.8. The van der Waals surface area contributed by atoms with Crippen molar-refractivity contribution in [1.82, 2.24) is 9.88 Å². The van der Waals surface area contributed by atoms with Gasteiger partial charge in [-0.2, -0.15) is 0 Å². The number of para-hydroxylation sites is 2. The van der Waals surface area contributed by atoms with Crippen molar-refractivity contribution in [2.45, 2.75) is 33.8 Å². The van der Waals surface area contributed by atoms with E-state index < -0.39 is 0 Å². The fourth-order valence-corrected chi connectivity index (χ4v) is 3.84. The van der Waals surface area contributed by atoms with Crippen molar-refractivity contribution >= 4 is 17.4 Å². The molecule has 6 nitrogen and oxygen atoms in total. The van der Waals surface area contributed by atoms with Crippen LogP contribution in [0, 0.1) is 13.8 Å². The lowest BCUT2D eigenvalue weighted by Gasteiger charge is -2.37. The highest BCUT2D eigenvalue weighted by molar-refractivity contribution is 6.02. The van der Waals surface area contributed by atoms with Gasteiger partial charge in [-0.15, -0.1) is 0 Å². The summed E-state index contributed by atoms with van der Waals surface area (Å²) in [6.07, 6.45) is -0.113. The van der Waals surface area contributed by atoms with Gasteiger partial charge in [0.25, 0.3) is 5.91 Å². The number of hydrogen-bond acceptors (Lipinski definition) is 4. The zero-order valence-electron chi connectivity index (χ0n) is 16.6. The van der Waals surface area contributed by atoms with Crippen LogP contribution in [0.25, 0.3) is 0 Å². The average molecular weight is 369 g/mol. The summed E-state index contributed by atoms with van der Waals surface area (Å²) < 4.78 is 6.12. The summed E-state index contributed by atoms with van der Waals surface area (Å²) >= 11 is 0. The second kappa shape index (κ2) is 7.47. The highest BCUT2D eigenvalue weighted by Gasteiger charge is 2.28. The Morgan fingerprint density at radius 3 is 2.63 bits per heavy atom. The van der Waals surface area contributed by atoms with Gasteiger partial charge in [-0.25, -0.2) is 0 Å². The molecule has 144 valence electrons. The Morgan fingerprint density at radius 1 is 1.30 bits per heavy atom. The molecular weight excluding hydrogens is 342 g/mol. The van der Waals surface area contributed by atoms with Crippen LogP contribution < -0.4 is 9.64 Å². The summed E-state index contributed by atoms with van der Waals surface area (Å²) in [5, 5.41) is 0.